The van der Waals surface area contributed by atoms with Gasteiger partial charge in [0, 0.05) is 25.5 Å². The summed E-state index contributed by atoms with van der Waals surface area (Å²) in [6.07, 6.45) is 0.522. The lowest BCUT2D eigenvalue weighted by Crippen LogP contribution is -2.17. The molecular formula is C17H21F2N5O2S. The first-order chi connectivity index (χ1) is 12.8. The van der Waals surface area contributed by atoms with Crippen molar-refractivity contribution in [3.8, 4) is 0 Å². The first kappa shape index (κ1) is 20.8. The van der Waals surface area contributed by atoms with Gasteiger partial charge in [-0.2, -0.15) is 0 Å². The van der Waals surface area contributed by atoms with Crippen LogP contribution < -0.4 is 11.1 Å². The minimum Gasteiger partial charge on any atom is -0.370 e. The fourth-order valence-corrected chi connectivity index (χ4v) is 3.07. The molecule has 0 bridgehead atoms. The molecule has 0 fully saturated rings. The average molecular weight is 397 g/mol. The van der Waals surface area contributed by atoms with E-state index < -0.39 is 23.4 Å². The van der Waals surface area contributed by atoms with E-state index in [0.717, 1.165) is 23.9 Å². The zero-order valence-electron chi connectivity index (χ0n) is 15.0. The third kappa shape index (κ3) is 6.31. The van der Waals surface area contributed by atoms with Crippen LogP contribution in [0.5, 0.6) is 0 Å². The van der Waals surface area contributed by atoms with Gasteiger partial charge in [0.15, 0.2) is 5.16 Å². The van der Waals surface area contributed by atoms with Crippen LogP contribution in [0.15, 0.2) is 23.4 Å². The van der Waals surface area contributed by atoms with Gasteiger partial charge < -0.3 is 15.6 Å². The summed E-state index contributed by atoms with van der Waals surface area (Å²) in [4.78, 5) is 23.1. The van der Waals surface area contributed by atoms with Crippen LogP contribution in [0.2, 0.25) is 0 Å². The molecule has 1 aromatic carbocycles. The molecule has 1 aromatic heterocycles. The van der Waals surface area contributed by atoms with Crippen molar-refractivity contribution in [2.45, 2.75) is 38.4 Å². The normalized spacial score (nSPS) is 11.0. The maximum Gasteiger partial charge on any atom is 0.234 e. The molecule has 7 nitrogen and oxygen atoms in total. The van der Waals surface area contributed by atoms with Gasteiger partial charge in [-0.05, 0) is 18.1 Å². The smallest absolute Gasteiger partial charge is 0.234 e. The monoisotopic (exact) mass is 397 g/mol. The number of anilines is 1. The molecule has 2 rings (SSSR count). The lowest BCUT2D eigenvalue weighted by atomic mass is 10.2. The molecular weight excluding hydrogens is 376 g/mol. The van der Waals surface area contributed by atoms with Gasteiger partial charge in [0.05, 0.1) is 11.4 Å². The average Bonchev–Trinajstić information content (AvgIpc) is 2.95. The summed E-state index contributed by atoms with van der Waals surface area (Å²) in [6.45, 7) is 4.67. The van der Waals surface area contributed by atoms with Crippen LogP contribution in [-0.2, 0) is 22.6 Å². The van der Waals surface area contributed by atoms with Crippen LogP contribution >= 0.6 is 11.8 Å². The second-order valence-corrected chi connectivity index (χ2v) is 7.27. The maximum atomic E-state index is 13.6. The zero-order chi connectivity index (χ0) is 20.0. The number of benzene rings is 1. The molecule has 0 aliphatic carbocycles. The number of thioether (sulfide) groups is 1. The van der Waals surface area contributed by atoms with Gasteiger partial charge in [0.1, 0.15) is 17.5 Å². The summed E-state index contributed by atoms with van der Waals surface area (Å²) in [7, 11) is 0. The Balaban J connectivity index is 2.03. The summed E-state index contributed by atoms with van der Waals surface area (Å²) in [5.74, 6) is -1.55. The minimum atomic E-state index is -0.843. The number of nitrogens with zero attached hydrogens (tertiary/aromatic N) is 3. The standard InChI is InChI=1S/C17H21F2N5O2S/c1-10(2)8-24-15(6-5-14(20)25)22-23-17(24)27-9-16(26)21-13-4-3-11(18)7-12(13)19/h3-4,7,10H,5-6,8-9H2,1-2H3,(H2,20,25)(H,21,26). The predicted molar refractivity (Wildman–Crippen MR) is 98.1 cm³/mol. The maximum absolute atomic E-state index is 13.6. The Morgan fingerprint density at radius 1 is 1.30 bits per heavy atom. The molecule has 0 saturated carbocycles. The topological polar surface area (TPSA) is 103 Å². The number of aromatic nitrogens is 3. The fourth-order valence-electron chi connectivity index (χ4n) is 2.30. The van der Waals surface area contributed by atoms with E-state index in [0.29, 0.717) is 35.9 Å². The third-order valence-electron chi connectivity index (χ3n) is 3.47. The molecule has 0 aliphatic heterocycles. The summed E-state index contributed by atoms with van der Waals surface area (Å²) >= 11 is 1.15. The van der Waals surface area contributed by atoms with Crippen molar-refractivity contribution in [2.75, 3.05) is 11.1 Å². The predicted octanol–water partition coefficient (Wildman–Crippen LogP) is 2.36. The molecule has 0 saturated heterocycles. The summed E-state index contributed by atoms with van der Waals surface area (Å²) < 4.78 is 28.4. The number of hydrogen-bond donors (Lipinski definition) is 2. The van der Waals surface area contributed by atoms with Gasteiger partial charge in [-0.3, -0.25) is 9.59 Å². The Bertz CT molecular complexity index is 826. The first-order valence-corrected chi connectivity index (χ1v) is 9.33. The van der Waals surface area contributed by atoms with Gasteiger partial charge >= 0.3 is 0 Å². The number of amides is 2. The Morgan fingerprint density at radius 2 is 2.04 bits per heavy atom. The van der Waals surface area contributed by atoms with Gasteiger partial charge in [-0.25, -0.2) is 8.78 Å². The van der Waals surface area contributed by atoms with Crippen molar-refractivity contribution in [3.63, 3.8) is 0 Å². The Hall–Kier alpha value is -2.49. The Kier molecular flexibility index (Phi) is 7.28. The van der Waals surface area contributed by atoms with E-state index in [-0.39, 0.29) is 17.9 Å². The molecule has 27 heavy (non-hydrogen) atoms. The highest BCUT2D eigenvalue weighted by atomic mass is 32.2. The molecule has 0 radical (unpaired) electrons. The molecule has 1 heterocycles. The van der Waals surface area contributed by atoms with E-state index in [1.807, 2.05) is 18.4 Å². The van der Waals surface area contributed by atoms with E-state index in [1.165, 1.54) is 0 Å². The number of primary amides is 1. The first-order valence-electron chi connectivity index (χ1n) is 8.34. The van der Waals surface area contributed by atoms with Crippen molar-refractivity contribution in [1.29, 1.82) is 0 Å². The number of rotatable bonds is 9. The van der Waals surface area contributed by atoms with Gasteiger partial charge in [0.2, 0.25) is 11.8 Å². The largest absolute Gasteiger partial charge is 0.370 e. The van der Waals surface area contributed by atoms with Crippen molar-refractivity contribution in [3.05, 3.63) is 35.7 Å². The number of carbonyl (C=O) groups is 2. The number of nitrogens with one attached hydrogen (secondary N) is 1. The number of aryl methyl sites for hydroxylation is 1. The number of nitrogens with two attached hydrogens (primary N) is 1. The van der Waals surface area contributed by atoms with Crippen molar-refractivity contribution in [1.82, 2.24) is 14.8 Å². The SMILES string of the molecule is CC(C)Cn1c(CCC(N)=O)nnc1SCC(=O)Nc1ccc(F)cc1F. The van der Waals surface area contributed by atoms with Gasteiger partial charge in [0.25, 0.3) is 0 Å². The van der Waals surface area contributed by atoms with Crippen molar-refractivity contribution in [2.24, 2.45) is 11.7 Å². The second-order valence-electron chi connectivity index (χ2n) is 6.33. The van der Waals surface area contributed by atoms with Crippen molar-refractivity contribution < 1.29 is 18.4 Å². The molecule has 0 unspecified atom stereocenters. The number of halogens is 2. The summed E-state index contributed by atoms with van der Waals surface area (Å²) in [5.41, 5.74) is 5.09. The lowest BCUT2D eigenvalue weighted by molar-refractivity contribution is -0.118. The third-order valence-corrected chi connectivity index (χ3v) is 4.44. The Labute approximate surface area is 159 Å². The van der Waals surface area contributed by atoms with E-state index in [4.69, 9.17) is 5.73 Å². The number of hydrogen-bond acceptors (Lipinski definition) is 5. The summed E-state index contributed by atoms with van der Waals surface area (Å²) in [5, 5.41) is 11.1. The molecule has 146 valence electrons. The molecule has 3 N–H and O–H groups in total. The fraction of sp³-hybridized carbons (Fsp3) is 0.412. The zero-order valence-corrected chi connectivity index (χ0v) is 15.9. The van der Waals surface area contributed by atoms with Crippen LogP contribution in [0, 0.1) is 17.6 Å². The van der Waals surface area contributed by atoms with Crippen LogP contribution in [0.3, 0.4) is 0 Å². The molecule has 10 heteroatoms. The quantitative estimate of drug-likeness (QED) is 0.633. The van der Waals surface area contributed by atoms with Crippen LogP contribution in [0.1, 0.15) is 26.1 Å². The van der Waals surface area contributed by atoms with Crippen LogP contribution in [0.25, 0.3) is 0 Å². The lowest BCUT2D eigenvalue weighted by Gasteiger charge is -2.12. The molecule has 2 aromatic rings. The van der Waals surface area contributed by atoms with Gasteiger partial charge in [-0.15, -0.1) is 10.2 Å². The minimum absolute atomic E-state index is 0.0249. The van der Waals surface area contributed by atoms with Gasteiger partial charge in [-0.1, -0.05) is 25.6 Å². The van der Waals surface area contributed by atoms with E-state index in [9.17, 15) is 18.4 Å². The van der Waals surface area contributed by atoms with Crippen LogP contribution in [0.4, 0.5) is 14.5 Å². The molecule has 0 spiro atoms. The van der Waals surface area contributed by atoms with E-state index in [2.05, 4.69) is 15.5 Å². The molecule has 2 amide bonds. The second kappa shape index (κ2) is 9.45. The molecule has 0 aliphatic rings. The van der Waals surface area contributed by atoms with E-state index >= 15 is 0 Å². The highest BCUT2D eigenvalue weighted by Crippen LogP contribution is 2.21. The molecule has 0 atom stereocenters. The van der Waals surface area contributed by atoms with Crippen LogP contribution in [-0.4, -0.2) is 32.3 Å². The van der Waals surface area contributed by atoms with Crippen molar-refractivity contribution >= 4 is 29.3 Å². The number of carbonyl (C=O) groups excluding carboxylic acids is 2. The summed E-state index contributed by atoms with van der Waals surface area (Å²) in [6, 6.07) is 2.93. The highest BCUT2D eigenvalue weighted by Gasteiger charge is 2.16. The van der Waals surface area contributed by atoms with E-state index in [1.54, 1.807) is 0 Å². The Morgan fingerprint density at radius 3 is 2.67 bits per heavy atom. The highest BCUT2D eigenvalue weighted by molar-refractivity contribution is 7.99.